The van der Waals surface area contributed by atoms with Crippen LogP contribution in [0.3, 0.4) is 0 Å². The van der Waals surface area contributed by atoms with E-state index in [0.29, 0.717) is 33.7 Å². The van der Waals surface area contributed by atoms with Gasteiger partial charge in [-0.05, 0) is 48.1 Å². The molecule has 3 rings (SSSR count). The number of phenols is 1. The van der Waals surface area contributed by atoms with Crippen LogP contribution in [0.25, 0.3) is 11.1 Å². The Morgan fingerprint density at radius 3 is 2.81 bits per heavy atom. The van der Waals surface area contributed by atoms with Gasteiger partial charge in [-0.1, -0.05) is 35.5 Å². The maximum Gasteiger partial charge on any atom is 0.317 e. The Balaban J connectivity index is 2.07. The number of nitrogens with zero attached hydrogens (tertiary/aromatic N) is 2. The summed E-state index contributed by atoms with van der Waals surface area (Å²) in [6.07, 6.45) is 10.4. The van der Waals surface area contributed by atoms with Crippen molar-refractivity contribution in [2.24, 2.45) is 5.16 Å². The molecule has 138 valence electrons. The molecule has 6 nitrogen and oxygen atoms in total. The quantitative estimate of drug-likeness (QED) is 0.443. The van der Waals surface area contributed by atoms with Crippen molar-refractivity contribution in [1.82, 2.24) is 0 Å². The van der Waals surface area contributed by atoms with Crippen LogP contribution in [-0.2, 0) is 11.3 Å². The standard InChI is InChI=1S/C21H20N2O4/c1-27-23(26)19-9-5-8-17(13-19)20-12-16(10-15-6-3-2-4-7-15)11-18(14-22-25)21(20)24/h3,5-9,11-14H,2,4,10H2,1H3,(H-,22,24,25)/p+1. The summed E-state index contributed by atoms with van der Waals surface area (Å²) in [5, 5.41) is 22.6. The van der Waals surface area contributed by atoms with E-state index in [-0.39, 0.29) is 5.75 Å². The van der Waals surface area contributed by atoms with Crippen LogP contribution in [-0.4, -0.2) is 28.6 Å². The second-order valence-electron chi connectivity index (χ2n) is 6.25. The minimum atomic E-state index is -0.0169. The van der Waals surface area contributed by atoms with Crippen molar-refractivity contribution in [3.8, 4) is 16.9 Å². The van der Waals surface area contributed by atoms with Crippen molar-refractivity contribution < 1.29 is 20.1 Å². The van der Waals surface area contributed by atoms with Gasteiger partial charge in [0.2, 0.25) is 0 Å². The lowest BCUT2D eigenvalue weighted by Gasteiger charge is -2.13. The second-order valence-corrected chi connectivity index (χ2v) is 6.25. The summed E-state index contributed by atoms with van der Waals surface area (Å²) in [4.78, 5) is 16.8. The molecule has 27 heavy (non-hydrogen) atoms. The Bertz CT molecular complexity index is 945. The van der Waals surface area contributed by atoms with Crippen LogP contribution in [0.1, 0.15) is 24.0 Å². The van der Waals surface area contributed by atoms with Gasteiger partial charge < -0.3 is 10.3 Å². The lowest BCUT2D eigenvalue weighted by molar-refractivity contribution is -0.736. The fourth-order valence-corrected chi connectivity index (χ4v) is 3.13. The summed E-state index contributed by atoms with van der Waals surface area (Å²) in [6.45, 7) is 0. The number of rotatable bonds is 6. The molecule has 2 aromatic rings. The first-order valence-corrected chi connectivity index (χ1v) is 8.63. The summed E-state index contributed by atoms with van der Waals surface area (Å²) in [6, 6.07) is 10.4. The van der Waals surface area contributed by atoms with E-state index in [1.54, 1.807) is 30.3 Å². The first kappa shape index (κ1) is 18.4. The number of hydrogen-bond acceptors (Lipinski definition) is 5. The zero-order valence-corrected chi connectivity index (χ0v) is 15.0. The van der Waals surface area contributed by atoms with Gasteiger partial charge in [0.15, 0.2) is 7.11 Å². The molecular weight excluding hydrogens is 344 g/mol. The van der Waals surface area contributed by atoms with Crippen LogP contribution in [0.4, 0.5) is 5.69 Å². The van der Waals surface area contributed by atoms with Gasteiger partial charge in [-0.2, -0.15) is 0 Å². The van der Waals surface area contributed by atoms with Crippen molar-refractivity contribution in [3.63, 3.8) is 0 Å². The van der Waals surface area contributed by atoms with E-state index in [9.17, 15) is 10.0 Å². The molecule has 2 aromatic carbocycles. The van der Waals surface area contributed by atoms with Gasteiger partial charge in [0.05, 0.1) is 11.1 Å². The molecule has 0 heterocycles. The number of aromatic hydroxyl groups is 1. The monoisotopic (exact) mass is 365 g/mol. The van der Waals surface area contributed by atoms with E-state index in [0.717, 1.165) is 18.4 Å². The van der Waals surface area contributed by atoms with Crippen LogP contribution in [0.15, 0.2) is 65.4 Å². The summed E-state index contributed by atoms with van der Waals surface area (Å²) in [7, 11) is 1.29. The zero-order chi connectivity index (χ0) is 19.2. The first-order chi connectivity index (χ1) is 13.1. The zero-order valence-electron chi connectivity index (χ0n) is 15.0. The Kier molecular flexibility index (Phi) is 5.66. The highest BCUT2D eigenvalue weighted by molar-refractivity contribution is 5.89. The van der Waals surface area contributed by atoms with Gasteiger partial charge >= 0.3 is 5.69 Å². The Labute approximate surface area is 157 Å². The topological polar surface area (TPSA) is 82.1 Å². The summed E-state index contributed by atoms with van der Waals surface area (Å²) in [5.41, 5.74) is 4.09. The normalized spacial score (nSPS) is 13.6. The molecule has 0 aromatic heterocycles. The van der Waals surface area contributed by atoms with Crippen molar-refractivity contribution >= 4 is 11.9 Å². The van der Waals surface area contributed by atoms with Crippen molar-refractivity contribution in [2.75, 3.05) is 7.11 Å². The highest BCUT2D eigenvalue weighted by Gasteiger charge is 2.18. The lowest BCUT2D eigenvalue weighted by Crippen LogP contribution is -1.98. The third kappa shape index (κ3) is 4.23. The molecule has 2 N–H and O–H groups in total. The lowest BCUT2D eigenvalue weighted by atomic mass is 9.93. The average Bonchev–Trinajstić information content (AvgIpc) is 2.70. The number of oxime groups is 1. The van der Waals surface area contributed by atoms with E-state index in [4.69, 9.17) is 5.21 Å². The van der Waals surface area contributed by atoms with Crippen LogP contribution in [0.2, 0.25) is 0 Å². The Morgan fingerprint density at radius 2 is 2.11 bits per heavy atom. The third-order valence-electron chi connectivity index (χ3n) is 4.41. The molecule has 0 atom stereocenters. The Hall–Kier alpha value is -3.41. The number of allylic oxidation sites excluding steroid dienone is 4. The minimum absolute atomic E-state index is 0.0169. The number of benzene rings is 2. The third-order valence-corrected chi connectivity index (χ3v) is 4.41. The van der Waals surface area contributed by atoms with Gasteiger partial charge in [0.25, 0.3) is 4.92 Å². The molecular formula is C21H21N2O4+. The first-order valence-electron chi connectivity index (χ1n) is 8.63. The van der Waals surface area contributed by atoms with Crippen molar-refractivity contribution in [3.05, 3.63) is 76.2 Å². The van der Waals surface area contributed by atoms with E-state index in [1.165, 1.54) is 18.9 Å². The molecule has 1 aliphatic rings. The predicted octanol–water partition coefficient (Wildman–Crippen LogP) is 4.66. The van der Waals surface area contributed by atoms with E-state index >= 15 is 0 Å². The van der Waals surface area contributed by atoms with Gasteiger partial charge in [-0.15, -0.1) is 0 Å². The van der Waals surface area contributed by atoms with Gasteiger partial charge in [-0.3, -0.25) is 0 Å². The van der Waals surface area contributed by atoms with Gasteiger partial charge in [0, 0.05) is 23.3 Å². The molecule has 0 bridgehead atoms. The molecule has 0 fully saturated rings. The van der Waals surface area contributed by atoms with E-state index in [1.807, 2.05) is 6.07 Å². The van der Waals surface area contributed by atoms with Crippen LogP contribution < -0.4 is 0 Å². The molecule has 0 saturated carbocycles. The van der Waals surface area contributed by atoms with Gasteiger partial charge in [-0.25, -0.2) is 4.84 Å². The maximum atomic E-state index is 11.7. The highest BCUT2D eigenvalue weighted by atomic mass is 16.8. The number of phenolic OH excluding ortho intramolecular Hbond substituents is 1. The second kappa shape index (κ2) is 8.31. The average molecular weight is 365 g/mol. The summed E-state index contributed by atoms with van der Waals surface area (Å²) >= 11 is 0. The summed E-state index contributed by atoms with van der Waals surface area (Å²) < 4.78 is 0. The van der Waals surface area contributed by atoms with E-state index in [2.05, 4.69) is 28.2 Å². The highest BCUT2D eigenvalue weighted by Crippen LogP contribution is 2.35. The molecule has 0 amide bonds. The van der Waals surface area contributed by atoms with E-state index < -0.39 is 0 Å². The van der Waals surface area contributed by atoms with Gasteiger partial charge in [0.1, 0.15) is 5.75 Å². The van der Waals surface area contributed by atoms with Crippen LogP contribution in [0, 0.1) is 4.91 Å². The van der Waals surface area contributed by atoms with Crippen LogP contribution in [0.5, 0.6) is 5.75 Å². The number of hydrogen-bond donors (Lipinski definition) is 2. The fourth-order valence-electron chi connectivity index (χ4n) is 3.13. The van der Waals surface area contributed by atoms with Crippen molar-refractivity contribution in [2.45, 2.75) is 19.3 Å². The molecule has 0 unspecified atom stereocenters. The molecule has 1 aliphatic carbocycles. The molecule has 0 radical (unpaired) electrons. The molecule has 0 saturated heterocycles. The molecule has 6 heteroatoms. The van der Waals surface area contributed by atoms with Crippen LogP contribution >= 0.6 is 0 Å². The molecule has 0 spiro atoms. The SMILES string of the molecule is CO[N+](=O)c1cccc(-c2cc(CC3=CCCC=C3)cc(/C=N/O)c2O)c1. The maximum absolute atomic E-state index is 11.7. The largest absolute Gasteiger partial charge is 0.507 e. The minimum Gasteiger partial charge on any atom is -0.507 e. The van der Waals surface area contributed by atoms with Crippen molar-refractivity contribution in [1.29, 1.82) is 0 Å². The molecule has 0 aliphatic heterocycles. The smallest absolute Gasteiger partial charge is 0.317 e. The fraction of sp³-hybridized carbons (Fsp3) is 0.190. The predicted molar refractivity (Wildman–Crippen MR) is 103 cm³/mol. The Morgan fingerprint density at radius 1 is 1.26 bits per heavy atom. The summed E-state index contributed by atoms with van der Waals surface area (Å²) in [5.74, 6) is -0.0169.